The number of hydrogen-bond donors (Lipinski definition) is 0. The van der Waals surface area contributed by atoms with Crippen molar-refractivity contribution in [2.75, 3.05) is 13.6 Å². The second-order valence-electron chi connectivity index (χ2n) is 1.88. The van der Waals surface area contributed by atoms with E-state index in [4.69, 9.17) is 0 Å². The molecular weight excluding hydrogens is 84.9 g/mol. The van der Waals surface area contributed by atoms with E-state index >= 15 is 0 Å². The van der Waals surface area contributed by atoms with Crippen molar-refractivity contribution in [2.24, 2.45) is 0 Å². The first-order valence-corrected chi connectivity index (χ1v) is 2.53. The van der Waals surface area contributed by atoms with Crippen LogP contribution in [0.25, 0.3) is 0 Å². The smallest absolute Gasteiger partial charge is 0.185 e. The van der Waals surface area contributed by atoms with Gasteiger partial charge in [-0.15, -0.1) is 6.58 Å². The van der Waals surface area contributed by atoms with Gasteiger partial charge in [-0.1, -0.05) is 6.08 Å². The highest BCUT2D eigenvalue weighted by molar-refractivity contribution is 6.04. The largest absolute Gasteiger partial charge is 0.351 e. The minimum atomic E-state index is 1.09. The molecule has 0 heterocycles. The lowest BCUT2D eigenvalue weighted by molar-refractivity contribution is 0.555. The van der Waals surface area contributed by atoms with Gasteiger partial charge in [0.25, 0.3) is 0 Å². The molecule has 0 unspecified atom stereocenters. The van der Waals surface area contributed by atoms with E-state index in [0.29, 0.717) is 0 Å². The maximum absolute atomic E-state index is 3.61. The van der Waals surface area contributed by atoms with Gasteiger partial charge in [-0.3, -0.25) is 0 Å². The molecule has 0 saturated carbocycles. The van der Waals surface area contributed by atoms with Crippen molar-refractivity contribution in [2.45, 2.75) is 6.42 Å². The Hall–Kier alpha value is -0.235. The zero-order valence-electron chi connectivity index (χ0n) is 5.15. The Balaban J connectivity index is 2.81. The molecule has 0 N–H and O–H groups in total. The summed E-state index contributed by atoms with van der Waals surface area (Å²) in [5.41, 5.74) is 0. The van der Waals surface area contributed by atoms with Crippen LogP contribution in [0.5, 0.6) is 0 Å². The van der Waals surface area contributed by atoms with E-state index in [1.165, 1.54) is 0 Å². The molecule has 0 radical (unpaired) electrons. The minimum absolute atomic E-state index is 1.09. The van der Waals surface area contributed by atoms with E-state index in [1.54, 1.807) is 0 Å². The molecule has 1 nitrogen and oxygen atoms in total. The molecule has 7 heavy (non-hydrogen) atoms. The van der Waals surface area contributed by atoms with Crippen LogP contribution in [-0.2, 0) is 0 Å². The molecule has 0 aliphatic heterocycles. The third-order valence-corrected chi connectivity index (χ3v) is 0.780. The predicted molar refractivity (Wildman–Crippen MR) is 36.0 cm³/mol. The fourth-order valence-electron chi connectivity index (χ4n) is 0.349. The summed E-state index contributed by atoms with van der Waals surface area (Å²) in [4.78, 5) is 2.14. The maximum Gasteiger partial charge on any atom is 0.185 e. The molecule has 0 amide bonds. The Bertz CT molecular complexity index is 52.0. The number of nitrogens with zero attached hydrogens (tertiary/aromatic N) is 1. The van der Waals surface area contributed by atoms with Crippen molar-refractivity contribution in [3.05, 3.63) is 12.7 Å². The SMILES string of the molecule is BN(C)CCC=C. The van der Waals surface area contributed by atoms with Gasteiger partial charge >= 0.3 is 0 Å². The highest BCUT2D eigenvalue weighted by Gasteiger charge is 1.81. The standard InChI is InChI=1S/C5H12BN/c1-3-4-5-7(2)6/h3H,1,4-6H2,2H3. The molecule has 0 rings (SSSR count). The summed E-state index contributed by atoms with van der Waals surface area (Å²) in [6.45, 7) is 4.72. The highest BCUT2D eigenvalue weighted by atomic mass is 15.0. The Morgan fingerprint density at radius 2 is 2.43 bits per heavy atom. The summed E-state index contributed by atoms with van der Waals surface area (Å²) < 4.78 is 0. The van der Waals surface area contributed by atoms with E-state index in [1.807, 2.05) is 6.08 Å². The molecule has 0 spiro atoms. The molecule has 40 valence electrons. The van der Waals surface area contributed by atoms with Gasteiger partial charge in [0.2, 0.25) is 0 Å². The summed E-state index contributed by atoms with van der Waals surface area (Å²) in [5, 5.41) is 0. The third kappa shape index (κ3) is 5.76. The van der Waals surface area contributed by atoms with E-state index in [-0.39, 0.29) is 0 Å². The molecule has 0 saturated heterocycles. The molecular formula is C5H12BN. The van der Waals surface area contributed by atoms with E-state index in [0.717, 1.165) is 13.0 Å². The monoisotopic (exact) mass is 97.1 g/mol. The summed E-state index contributed by atoms with van der Waals surface area (Å²) in [6.07, 6.45) is 3.02. The van der Waals surface area contributed by atoms with Crippen LogP contribution >= 0.6 is 0 Å². The topological polar surface area (TPSA) is 3.24 Å². The van der Waals surface area contributed by atoms with Crippen LogP contribution in [0, 0.1) is 0 Å². The highest BCUT2D eigenvalue weighted by Crippen LogP contribution is 1.79. The van der Waals surface area contributed by atoms with Crippen LogP contribution in [-0.4, -0.2) is 26.4 Å². The Morgan fingerprint density at radius 1 is 1.86 bits per heavy atom. The zero-order valence-corrected chi connectivity index (χ0v) is 5.15. The van der Waals surface area contributed by atoms with Gasteiger partial charge < -0.3 is 4.81 Å². The zero-order chi connectivity index (χ0) is 5.70. The van der Waals surface area contributed by atoms with Crippen LogP contribution < -0.4 is 0 Å². The maximum atomic E-state index is 3.61. The van der Waals surface area contributed by atoms with Crippen LogP contribution in [0.15, 0.2) is 12.7 Å². The molecule has 2 heteroatoms. The average molecular weight is 97.0 g/mol. The predicted octanol–water partition coefficient (Wildman–Crippen LogP) is 0.0424. The molecule has 0 bridgehead atoms. The number of hydrogen-bond acceptors (Lipinski definition) is 1. The van der Waals surface area contributed by atoms with E-state index < -0.39 is 0 Å². The first-order valence-electron chi connectivity index (χ1n) is 2.53. The minimum Gasteiger partial charge on any atom is -0.351 e. The normalized spacial score (nSPS) is 9.43. The fourth-order valence-corrected chi connectivity index (χ4v) is 0.349. The molecule has 0 aromatic rings. The van der Waals surface area contributed by atoms with Gasteiger partial charge in [-0.05, 0) is 20.0 Å². The molecule has 0 fully saturated rings. The van der Waals surface area contributed by atoms with Gasteiger partial charge in [0, 0.05) is 0 Å². The Labute approximate surface area is 46.4 Å². The van der Waals surface area contributed by atoms with Crippen molar-refractivity contribution in [1.82, 2.24) is 4.81 Å². The fraction of sp³-hybridized carbons (Fsp3) is 0.600. The van der Waals surface area contributed by atoms with Crippen LogP contribution in [0.4, 0.5) is 0 Å². The summed E-state index contributed by atoms with van der Waals surface area (Å²) in [5.74, 6) is 0. The van der Waals surface area contributed by atoms with Crippen LogP contribution in [0.3, 0.4) is 0 Å². The Morgan fingerprint density at radius 3 is 2.57 bits per heavy atom. The summed E-state index contributed by atoms with van der Waals surface area (Å²) >= 11 is 0. The lowest BCUT2D eigenvalue weighted by Crippen LogP contribution is -2.13. The molecule has 0 aromatic carbocycles. The molecule has 0 aliphatic rings. The first-order chi connectivity index (χ1) is 3.27. The van der Waals surface area contributed by atoms with Gasteiger partial charge in [0.05, 0.1) is 0 Å². The number of rotatable bonds is 3. The van der Waals surface area contributed by atoms with Crippen LogP contribution in [0.1, 0.15) is 6.42 Å². The first kappa shape index (κ1) is 6.76. The van der Waals surface area contributed by atoms with Crippen molar-refractivity contribution in [3.8, 4) is 0 Å². The van der Waals surface area contributed by atoms with Crippen molar-refractivity contribution < 1.29 is 0 Å². The van der Waals surface area contributed by atoms with Gasteiger partial charge in [-0.25, -0.2) is 0 Å². The van der Waals surface area contributed by atoms with Crippen LogP contribution in [0.2, 0.25) is 0 Å². The summed E-state index contributed by atoms with van der Waals surface area (Å²) in [7, 11) is 4.12. The van der Waals surface area contributed by atoms with E-state index in [2.05, 4.69) is 26.4 Å². The van der Waals surface area contributed by atoms with Crippen molar-refractivity contribution >= 4 is 7.98 Å². The second-order valence-corrected chi connectivity index (χ2v) is 1.88. The molecule has 0 atom stereocenters. The van der Waals surface area contributed by atoms with Gasteiger partial charge in [-0.2, -0.15) is 0 Å². The molecule has 0 aromatic heterocycles. The summed E-state index contributed by atoms with van der Waals surface area (Å²) in [6, 6.07) is 0. The lowest BCUT2D eigenvalue weighted by atomic mass is 10.3. The van der Waals surface area contributed by atoms with Gasteiger partial charge in [0.1, 0.15) is 0 Å². The lowest BCUT2D eigenvalue weighted by Gasteiger charge is -2.04. The van der Waals surface area contributed by atoms with Crippen molar-refractivity contribution in [1.29, 1.82) is 0 Å². The average Bonchev–Trinajstić information content (AvgIpc) is 1.61. The molecule has 0 aliphatic carbocycles. The van der Waals surface area contributed by atoms with Crippen molar-refractivity contribution in [3.63, 3.8) is 0 Å². The second kappa shape index (κ2) is 3.94. The van der Waals surface area contributed by atoms with Gasteiger partial charge in [0.15, 0.2) is 7.98 Å². The Kier molecular flexibility index (Phi) is 3.81. The quantitative estimate of drug-likeness (QED) is 0.355. The third-order valence-electron chi connectivity index (χ3n) is 0.780. The van der Waals surface area contributed by atoms with E-state index in [9.17, 15) is 0 Å².